The Labute approximate surface area is 118 Å². The zero-order chi connectivity index (χ0) is 15.1. The summed E-state index contributed by atoms with van der Waals surface area (Å²) >= 11 is 0. The van der Waals surface area contributed by atoms with Crippen molar-refractivity contribution >= 4 is 11.6 Å². The van der Waals surface area contributed by atoms with Gasteiger partial charge in [-0.3, -0.25) is 14.9 Å². The summed E-state index contributed by atoms with van der Waals surface area (Å²) in [5.41, 5.74) is 6.58. The number of rotatable bonds is 7. The highest BCUT2D eigenvalue weighted by Gasteiger charge is 2.18. The Kier molecular flexibility index (Phi) is 6.11. The number of carbonyl (C=O) groups is 1. The van der Waals surface area contributed by atoms with Crippen LogP contribution in [0.5, 0.6) is 0 Å². The van der Waals surface area contributed by atoms with E-state index in [0.717, 1.165) is 18.4 Å². The zero-order valence-corrected chi connectivity index (χ0v) is 11.9. The van der Waals surface area contributed by atoms with Gasteiger partial charge in [0.25, 0.3) is 5.69 Å². The van der Waals surface area contributed by atoms with Crippen LogP contribution in [0.15, 0.2) is 24.3 Å². The number of nitro groups is 1. The first-order chi connectivity index (χ1) is 9.45. The van der Waals surface area contributed by atoms with Crippen LogP contribution in [0.3, 0.4) is 0 Å². The second-order valence-electron chi connectivity index (χ2n) is 4.87. The van der Waals surface area contributed by atoms with Crippen LogP contribution < -0.4 is 5.73 Å². The number of non-ortho nitro benzene ring substituents is 1. The number of nitro benzene ring substituents is 1. The zero-order valence-electron chi connectivity index (χ0n) is 11.9. The largest absolute Gasteiger partial charge is 0.340 e. The van der Waals surface area contributed by atoms with E-state index in [-0.39, 0.29) is 11.6 Å². The third kappa shape index (κ3) is 4.62. The highest BCUT2D eigenvalue weighted by atomic mass is 16.6. The third-order valence-electron chi connectivity index (χ3n) is 3.10. The highest BCUT2D eigenvalue weighted by molar-refractivity contribution is 5.81. The average molecular weight is 279 g/mol. The maximum absolute atomic E-state index is 12.0. The van der Waals surface area contributed by atoms with Crippen LogP contribution in [-0.4, -0.2) is 28.8 Å². The van der Waals surface area contributed by atoms with Gasteiger partial charge in [0, 0.05) is 25.7 Å². The number of benzene rings is 1. The molecule has 6 nitrogen and oxygen atoms in total. The first kappa shape index (κ1) is 16.1. The molecule has 0 aliphatic rings. The van der Waals surface area contributed by atoms with Crippen LogP contribution in [0.2, 0.25) is 0 Å². The molecule has 6 heteroatoms. The lowest BCUT2D eigenvalue weighted by atomic mass is 10.1. The Morgan fingerprint density at radius 1 is 1.50 bits per heavy atom. The summed E-state index contributed by atoms with van der Waals surface area (Å²) in [6, 6.07) is 5.77. The Balaban J connectivity index is 2.65. The predicted molar refractivity (Wildman–Crippen MR) is 77.1 cm³/mol. The second-order valence-corrected chi connectivity index (χ2v) is 4.87. The van der Waals surface area contributed by atoms with Crippen molar-refractivity contribution in [1.82, 2.24) is 4.90 Å². The molecule has 0 heterocycles. The van der Waals surface area contributed by atoms with Crippen LogP contribution in [-0.2, 0) is 11.3 Å². The molecule has 0 fully saturated rings. The maximum Gasteiger partial charge on any atom is 0.269 e. The fraction of sp³-hybridized carbons (Fsp3) is 0.500. The van der Waals surface area contributed by atoms with Gasteiger partial charge in [0.05, 0.1) is 11.0 Å². The minimum absolute atomic E-state index is 0.0265. The molecule has 0 aliphatic carbocycles. The fourth-order valence-corrected chi connectivity index (χ4v) is 1.95. The molecule has 20 heavy (non-hydrogen) atoms. The minimum Gasteiger partial charge on any atom is -0.340 e. The number of hydrogen-bond acceptors (Lipinski definition) is 4. The molecule has 1 amide bonds. The van der Waals surface area contributed by atoms with Gasteiger partial charge in [-0.1, -0.05) is 31.9 Å². The molecule has 0 saturated carbocycles. The van der Waals surface area contributed by atoms with Crippen LogP contribution in [0.25, 0.3) is 0 Å². The quantitative estimate of drug-likeness (QED) is 0.611. The molecule has 0 aromatic heterocycles. The van der Waals surface area contributed by atoms with Crippen molar-refractivity contribution in [3.8, 4) is 0 Å². The monoisotopic (exact) mass is 279 g/mol. The van der Waals surface area contributed by atoms with E-state index in [1.165, 1.54) is 17.0 Å². The van der Waals surface area contributed by atoms with Crippen molar-refractivity contribution in [2.24, 2.45) is 5.73 Å². The van der Waals surface area contributed by atoms with Gasteiger partial charge in [0.2, 0.25) is 5.91 Å². The van der Waals surface area contributed by atoms with E-state index < -0.39 is 11.0 Å². The standard InChI is InChI=1S/C14H21N3O3/c1-3-4-8-13(15)14(18)16(2)10-11-6-5-7-12(9-11)17(19)20/h5-7,9,13H,3-4,8,10,15H2,1-2H3/t13-/m0/s1. The Bertz CT molecular complexity index is 476. The van der Waals surface area contributed by atoms with E-state index in [9.17, 15) is 14.9 Å². The number of carbonyl (C=O) groups excluding carboxylic acids is 1. The molecule has 0 spiro atoms. The first-order valence-electron chi connectivity index (χ1n) is 6.69. The molecule has 1 aromatic rings. The highest BCUT2D eigenvalue weighted by Crippen LogP contribution is 2.14. The minimum atomic E-state index is -0.501. The summed E-state index contributed by atoms with van der Waals surface area (Å²) in [7, 11) is 1.66. The Morgan fingerprint density at radius 3 is 2.80 bits per heavy atom. The van der Waals surface area contributed by atoms with Gasteiger partial charge in [-0.25, -0.2) is 0 Å². The topological polar surface area (TPSA) is 89.5 Å². The van der Waals surface area contributed by atoms with Crippen LogP contribution in [0.4, 0.5) is 5.69 Å². The third-order valence-corrected chi connectivity index (χ3v) is 3.10. The molecule has 0 saturated heterocycles. The molecule has 0 aliphatic heterocycles. The van der Waals surface area contributed by atoms with Crippen molar-refractivity contribution < 1.29 is 9.72 Å². The summed E-state index contributed by atoms with van der Waals surface area (Å²) < 4.78 is 0. The summed E-state index contributed by atoms with van der Waals surface area (Å²) in [5.74, 6) is -0.134. The van der Waals surface area contributed by atoms with Crippen molar-refractivity contribution in [3.63, 3.8) is 0 Å². The van der Waals surface area contributed by atoms with E-state index in [1.807, 2.05) is 6.92 Å². The number of unbranched alkanes of at least 4 members (excludes halogenated alkanes) is 1. The molecule has 0 radical (unpaired) electrons. The van der Waals surface area contributed by atoms with Crippen molar-refractivity contribution in [3.05, 3.63) is 39.9 Å². The van der Waals surface area contributed by atoms with E-state index in [1.54, 1.807) is 19.2 Å². The Morgan fingerprint density at radius 2 is 2.20 bits per heavy atom. The van der Waals surface area contributed by atoms with Gasteiger partial charge in [-0.15, -0.1) is 0 Å². The number of amides is 1. The lowest BCUT2D eigenvalue weighted by molar-refractivity contribution is -0.384. The number of nitrogens with zero attached hydrogens (tertiary/aromatic N) is 2. The molecular formula is C14H21N3O3. The van der Waals surface area contributed by atoms with Gasteiger partial charge in [0.15, 0.2) is 0 Å². The van der Waals surface area contributed by atoms with E-state index >= 15 is 0 Å². The normalized spacial score (nSPS) is 11.9. The van der Waals surface area contributed by atoms with Crippen molar-refractivity contribution in [2.45, 2.75) is 38.8 Å². The van der Waals surface area contributed by atoms with Crippen LogP contribution >= 0.6 is 0 Å². The molecule has 2 N–H and O–H groups in total. The van der Waals surface area contributed by atoms with Crippen LogP contribution in [0.1, 0.15) is 31.7 Å². The van der Waals surface area contributed by atoms with Gasteiger partial charge < -0.3 is 10.6 Å². The maximum atomic E-state index is 12.0. The lowest BCUT2D eigenvalue weighted by Gasteiger charge is -2.21. The number of likely N-dealkylation sites (N-methyl/N-ethyl adjacent to an activating group) is 1. The predicted octanol–water partition coefficient (Wildman–Crippen LogP) is 2.07. The van der Waals surface area contributed by atoms with Gasteiger partial charge in [0.1, 0.15) is 0 Å². The summed E-state index contributed by atoms with van der Waals surface area (Å²) in [6.45, 7) is 2.37. The fourth-order valence-electron chi connectivity index (χ4n) is 1.95. The molecule has 1 rings (SSSR count). The van der Waals surface area contributed by atoms with Crippen molar-refractivity contribution in [1.29, 1.82) is 0 Å². The lowest BCUT2D eigenvalue weighted by Crippen LogP contribution is -2.41. The van der Waals surface area contributed by atoms with Crippen molar-refractivity contribution in [2.75, 3.05) is 7.05 Å². The smallest absolute Gasteiger partial charge is 0.269 e. The Hall–Kier alpha value is -1.95. The first-order valence-corrected chi connectivity index (χ1v) is 6.69. The van der Waals surface area contributed by atoms with Crippen LogP contribution in [0, 0.1) is 10.1 Å². The molecule has 1 aromatic carbocycles. The SMILES string of the molecule is CCCC[C@H](N)C(=O)N(C)Cc1cccc([N+](=O)[O-])c1. The molecular weight excluding hydrogens is 258 g/mol. The summed E-state index contributed by atoms with van der Waals surface area (Å²) in [4.78, 5) is 23.8. The van der Waals surface area contributed by atoms with E-state index in [2.05, 4.69) is 0 Å². The summed E-state index contributed by atoms with van der Waals surface area (Å²) in [5, 5.41) is 10.7. The number of nitrogens with two attached hydrogens (primary N) is 1. The number of hydrogen-bond donors (Lipinski definition) is 1. The molecule has 0 unspecified atom stereocenters. The molecule has 110 valence electrons. The average Bonchev–Trinajstić information content (AvgIpc) is 2.44. The molecule has 0 bridgehead atoms. The van der Waals surface area contributed by atoms with E-state index in [0.29, 0.717) is 13.0 Å². The molecule has 1 atom stereocenters. The second kappa shape index (κ2) is 7.59. The van der Waals surface area contributed by atoms with E-state index in [4.69, 9.17) is 5.73 Å². The van der Waals surface area contributed by atoms with Gasteiger partial charge >= 0.3 is 0 Å². The summed E-state index contributed by atoms with van der Waals surface area (Å²) in [6.07, 6.45) is 2.57. The van der Waals surface area contributed by atoms with Gasteiger partial charge in [-0.2, -0.15) is 0 Å². The van der Waals surface area contributed by atoms with Gasteiger partial charge in [-0.05, 0) is 12.0 Å².